The molecule has 110 valence electrons. The van der Waals surface area contributed by atoms with Gasteiger partial charge in [0.2, 0.25) is 0 Å². The molecule has 2 aromatic heterocycles. The maximum atomic E-state index is 12.2. The highest BCUT2D eigenvalue weighted by Crippen LogP contribution is 2.16. The number of aromatic carboxylic acids is 1. The van der Waals surface area contributed by atoms with E-state index in [-0.39, 0.29) is 16.6 Å². The molecule has 0 fully saturated rings. The maximum Gasteiger partial charge on any atom is 0.336 e. The molecule has 0 radical (unpaired) electrons. The summed E-state index contributed by atoms with van der Waals surface area (Å²) in [6, 6.07) is 9.88. The van der Waals surface area contributed by atoms with Crippen LogP contribution in [0.4, 0.5) is 0 Å². The summed E-state index contributed by atoms with van der Waals surface area (Å²) in [6.45, 7) is 1.60. The molecule has 0 saturated carbocycles. The lowest BCUT2D eigenvalue weighted by Crippen LogP contribution is -2.31. The third-order valence-electron chi connectivity index (χ3n) is 3.24. The number of benzene rings is 1. The van der Waals surface area contributed by atoms with Gasteiger partial charge in [-0.2, -0.15) is 0 Å². The average molecular weight is 297 g/mol. The zero-order chi connectivity index (χ0) is 15.9. The van der Waals surface area contributed by atoms with Crippen molar-refractivity contribution in [2.75, 3.05) is 0 Å². The van der Waals surface area contributed by atoms with Crippen LogP contribution in [0.25, 0.3) is 16.7 Å². The molecule has 7 heteroatoms. The van der Waals surface area contributed by atoms with Crippen LogP contribution >= 0.6 is 0 Å². The molecule has 0 aliphatic carbocycles. The number of H-pyrrole nitrogens is 1. The van der Waals surface area contributed by atoms with E-state index in [0.29, 0.717) is 11.4 Å². The lowest BCUT2D eigenvalue weighted by Gasteiger charge is -2.10. The quantitative estimate of drug-likeness (QED) is 0.736. The van der Waals surface area contributed by atoms with Crippen LogP contribution in [0.15, 0.2) is 46.0 Å². The minimum Gasteiger partial charge on any atom is -0.478 e. The summed E-state index contributed by atoms with van der Waals surface area (Å²) >= 11 is 0. The molecule has 0 spiro atoms. The first-order valence-corrected chi connectivity index (χ1v) is 6.44. The molecule has 0 atom stereocenters. The number of carboxylic acid groups (broad SMARTS) is 1. The highest BCUT2D eigenvalue weighted by Gasteiger charge is 2.18. The predicted octanol–water partition coefficient (Wildman–Crippen LogP) is 1.08. The van der Waals surface area contributed by atoms with Crippen LogP contribution in [0.2, 0.25) is 0 Å². The monoisotopic (exact) mass is 297 g/mol. The summed E-state index contributed by atoms with van der Waals surface area (Å²) < 4.78 is 1.19. The van der Waals surface area contributed by atoms with E-state index in [4.69, 9.17) is 0 Å². The van der Waals surface area contributed by atoms with Gasteiger partial charge in [-0.25, -0.2) is 19.1 Å². The minimum absolute atomic E-state index is 0.0253. The fraction of sp³-hybridized carbons (Fsp3) is 0.0667. The van der Waals surface area contributed by atoms with E-state index >= 15 is 0 Å². The van der Waals surface area contributed by atoms with Crippen molar-refractivity contribution in [3.63, 3.8) is 0 Å². The number of fused-ring (bicyclic) bond motifs is 1. The number of aryl methyl sites for hydroxylation is 1. The summed E-state index contributed by atoms with van der Waals surface area (Å²) in [5.41, 5.74) is -0.705. The van der Waals surface area contributed by atoms with Gasteiger partial charge in [0.05, 0.1) is 16.6 Å². The Bertz CT molecular complexity index is 1000. The number of aromatic nitrogens is 3. The number of carboxylic acids is 1. The molecule has 3 rings (SSSR count). The second-order valence-electron chi connectivity index (χ2n) is 4.75. The van der Waals surface area contributed by atoms with Gasteiger partial charge in [0, 0.05) is 5.69 Å². The Morgan fingerprint density at radius 1 is 1.23 bits per heavy atom. The molecule has 0 bridgehead atoms. The van der Waals surface area contributed by atoms with Gasteiger partial charge in [-0.1, -0.05) is 18.2 Å². The van der Waals surface area contributed by atoms with Gasteiger partial charge in [-0.05, 0) is 25.1 Å². The highest BCUT2D eigenvalue weighted by molar-refractivity contribution is 6.01. The van der Waals surface area contributed by atoms with Crippen LogP contribution in [-0.4, -0.2) is 25.6 Å². The van der Waals surface area contributed by atoms with Gasteiger partial charge in [0.1, 0.15) is 0 Å². The summed E-state index contributed by atoms with van der Waals surface area (Å²) in [7, 11) is 0. The molecule has 22 heavy (non-hydrogen) atoms. The molecule has 2 heterocycles. The second kappa shape index (κ2) is 4.96. The molecule has 3 aromatic rings. The summed E-state index contributed by atoms with van der Waals surface area (Å²) in [6.07, 6.45) is 0. The Labute approximate surface area is 123 Å². The Morgan fingerprint density at radius 3 is 2.55 bits per heavy atom. The van der Waals surface area contributed by atoms with Gasteiger partial charge < -0.3 is 5.11 Å². The number of rotatable bonds is 2. The Morgan fingerprint density at radius 2 is 1.91 bits per heavy atom. The number of nitrogens with zero attached hydrogens (tertiary/aromatic N) is 2. The third-order valence-corrected chi connectivity index (χ3v) is 3.24. The van der Waals surface area contributed by atoms with E-state index in [0.717, 1.165) is 0 Å². The van der Waals surface area contributed by atoms with Crippen LogP contribution in [0.3, 0.4) is 0 Å². The zero-order valence-electron chi connectivity index (χ0n) is 11.5. The molecule has 0 aliphatic heterocycles. The number of hydrogen-bond acceptors (Lipinski definition) is 4. The molecule has 0 amide bonds. The number of para-hydroxylation sites is 1. The SMILES string of the molecule is Cc1cc(C(=O)O)c2c(=O)[nH]c(=O)n(-c3ccccc3)c2n1. The summed E-state index contributed by atoms with van der Waals surface area (Å²) in [4.78, 5) is 41.9. The summed E-state index contributed by atoms with van der Waals surface area (Å²) in [5, 5.41) is 9.17. The van der Waals surface area contributed by atoms with Gasteiger partial charge in [-0.15, -0.1) is 0 Å². The lowest BCUT2D eigenvalue weighted by atomic mass is 10.1. The molecular weight excluding hydrogens is 286 g/mol. The first kappa shape index (κ1) is 13.7. The van der Waals surface area contributed by atoms with E-state index in [1.165, 1.54) is 10.6 Å². The van der Waals surface area contributed by atoms with Gasteiger partial charge >= 0.3 is 11.7 Å². The zero-order valence-corrected chi connectivity index (χ0v) is 11.5. The molecule has 7 nitrogen and oxygen atoms in total. The van der Waals surface area contributed by atoms with Gasteiger partial charge in [-0.3, -0.25) is 9.78 Å². The van der Waals surface area contributed by atoms with Crippen LogP contribution in [0, 0.1) is 6.92 Å². The molecule has 1 aromatic carbocycles. The highest BCUT2D eigenvalue weighted by atomic mass is 16.4. The van der Waals surface area contributed by atoms with Crippen LogP contribution < -0.4 is 11.2 Å². The van der Waals surface area contributed by atoms with Crippen molar-refractivity contribution >= 4 is 17.0 Å². The van der Waals surface area contributed by atoms with E-state index in [9.17, 15) is 19.5 Å². The van der Waals surface area contributed by atoms with Crippen LogP contribution in [0.1, 0.15) is 16.1 Å². The lowest BCUT2D eigenvalue weighted by molar-refractivity contribution is 0.0698. The predicted molar refractivity (Wildman–Crippen MR) is 79.7 cm³/mol. The average Bonchev–Trinajstić information content (AvgIpc) is 2.47. The van der Waals surface area contributed by atoms with Crippen molar-refractivity contribution in [2.24, 2.45) is 0 Å². The number of pyridine rings is 1. The minimum atomic E-state index is -1.25. The number of carbonyl (C=O) groups is 1. The van der Waals surface area contributed by atoms with E-state index in [2.05, 4.69) is 9.97 Å². The van der Waals surface area contributed by atoms with E-state index < -0.39 is 17.2 Å². The Hall–Kier alpha value is -3.22. The first-order valence-electron chi connectivity index (χ1n) is 6.44. The van der Waals surface area contributed by atoms with Crippen molar-refractivity contribution in [3.8, 4) is 5.69 Å². The second-order valence-corrected chi connectivity index (χ2v) is 4.75. The van der Waals surface area contributed by atoms with Crippen molar-refractivity contribution in [1.82, 2.24) is 14.5 Å². The third kappa shape index (κ3) is 2.08. The molecule has 0 unspecified atom stereocenters. The van der Waals surface area contributed by atoms with Crippen molar-refractivity contribution < 1.29 is 9.90 Å². The van der Waals surface area contributed by atoms with Crippen LogP contribution in [0.5, 0.6) is 0 Å². The van der Waals surface area contributed by atoms with Gasteiger partial charge in [0.25, 0.3) is 5.56 Å². The fourth-order valence-electron chi connectivity index (χ4n) is 2.34. The van der Waals surface area contributed by atoms with Crippen molar-refractivity contribution in [1.29, 1.82) is 0 Å². The first-order chi connectivity index (χ1) is 10.5. The van der Waals surface area contributed by atoms with E-state index in [1.807, 2.05) is 0 Å². The fourth-order valence-corrected chi connectivity index (χ4v) is 2.34. The Kier molecular flexibility index (Phi) is 3.10. The Balaban J connectivity index is 2.57. The van der Waals surface area contributed by atoms with Crippen molar-refractivity contribution in [3.05, 3.63) is 68.5 Å². The number of aromatic amines is 1. The molecule has 0 aliphatic rings. The summed E-state index contributed by atoms with van der Waals surface area (Å²) in [5.74, 6) is -1.25. The van der Waals surface area contributed by atoms with Crippen LogP contribution in [-0.2, 0) is 0 Å². The topological polar surface area (TPSA) is 105 Å². The molecule has 0 saturated heterocycles. The van der Waals surface area contributed by atoms with Crippen molar-refractivity contribution in [2.45, 2.75) is 6.92 Å². The standard InChI is InChI=1S/C15H11N3O4/c1-8-7-10(14(20)21)11-12(16-8)18(15(22)17-13(11)19)9-5-3-2-4-6-9/h2-7H,1H3,(H,20,21)(H,17,19,22). The van der Waals surface area contributed by atoms with E-state index in [1.54, 1.807) is 37.3 Å². The maximum absolute atomic E-state index is 12.2. The normalized spacial score (nSPS) is 10.8. The number of nitrogens with one attached hydrogen (secondary N) is 1. The van der Waals surface area contributed by atoms with Gasteiger partial charge in [0.15, 0.2) is 5.65 Å². The smallest absolute Gasteiger partial charge is 0.336 e. The molecule has 2 N–H and O–H groups in total. The number of hydrogen-bond donors (Lipinski definition) is 2. The largest absolute Gasteiger partial charge is 0.478 e. The molecular formula is C15H11N3O4.